The molecule has 0 spiro atoms. The van der Waals surface area contributed by atoms with Crippen molar-refractivity contribution in [1.82, 2.24) is 9.97 Å². The summed E-state index contributed by atoms with van der Waals surface area (Å²) in [6.45, 7) is 3.83. The zero-order chi connectivity index (χ0) is 18.4. The van der Waals surface area contributed by atoms with Crippen molar-refractivity contribution in [2.24, 2.45) is 5.14 Å². The second-order valence-electron chi connectivity index (χ2n) is 6.62. The van der Waals surface area contributed by atoms with E-state index in [9.17, 15) is 8.42 Å². The summed E-state index contributed by atoms with van der Waals surface area (Å²) in [5, 5.41) is 8.32. The number of benzene rings is 1. The van der Waals surface area contributed by atoms with E-state index in [0.29, 0.717) is 17.7 Å². The molecule has 1 fully saturated rings. The normalized spacial score (nSPS) is 20.2. The number of primary sulfonamides is 1. The van der Waals surface area contributed by atoms with Gasteiger partial charge in [0, 0.05) is 19.0 Å². The number of anilines is 2. The maximum Gasteiger partial charge on any atom is 0.238 e. The van der Waals surface area contributed by atoms with Gasteiger partial charge in [0.25, 0.3) is 0 Å². The lowest BCUT2D eigenvalue weighted by atomic mass is 9.68. The topological polar surface area (TPSA) is 124 Å². The summed E-state index contributed by atoms with van der Waals surface area (Å²) in [4.78, 5) is 8.67. The SMILES string of the molecule is CNc1cc(C2CC(c3c(C)ccc(S(N)(=O)=O)c3C)C2)nc(N)n1. The predicted octanol–water partition coefficient (Wildman–Crippen LogP) is 2.03. The van der Waals surface area contributed by atoms with Crippen LogP contribution in [-0.4, -0.2) is 25.4 Å². The Morgan fingerprint density at radius 1 is 1.16 bits per heavy atom. The van der Waals surface area contributed by atoms with Gasteiger partial charge in [0.2, 0.25) is 16.0 Å². The number of nitrogens with zero attached hydrogens (tertiary/aromatic N) is 2. The Bertz CT molecular complexity index is 921. The number of nitrogens with two attached hydrogens (primary N) is 2. The van der Waals surface area contributed by atoms with Crippen LogP contribution in [0.2, 0.25) is 0 Å². The molecular formula is C17H23N5O2S. The average molecular weight is 361 g/mol. The molecule has 0 radical (unpaired) electrons. The molecule has 0 atom stereocenters. The summed E-state index contributed by atoms with van der Waals surface area (Å²) in [5.74, 6) is 1.55. The number of aryl methyl sites for hydroxylation is 1. The molecule has 25 heavy (non-hydrogen) atoms. The molecule has 2 aromatic rings. The zero-order valence-corrected chi connectivity index (χ0v) is 15.4. The molecule has 0 amide bonds. The Morgan fingerprint density at radius 2 is 1.84 bits per heavy atom. The van der Waals surface area contributed by atoms with E-state index in [-0.39, 0.29) is 10.8 Å². The molecule has 8 heteroatoms. The van der Waals surface area contributed by atoms with E-state index in [1.165, 1.54) is 0 Å². The van der Waals surface area contributed by atoms with Gasteiger partial charge in [0.1, 0.15) is 5.82 Å². The third-order valence-electron chi connectivity index (χ3n) is 4.97. The van der Waals surface area contributed by atoms with Gasteiger partial charge in [-0.2, -0.15) is 4.98 Å². The smallest absolute Gasteiger partial charge is 0.238 e. The Hall–Kier alpha value is -2.19. The molecule has 5 N–H and O–H groups in total. The number of rotatable bonds is 4. The second kappa shape index (κ2) is 6.27. The van der Waals surface area contributed by atoms with Crippen molar-refractivity contribution in [1.29, 1.82) is 0 Å². The van der Waals surface area contributed by atoms with Crippen molar-refractivity contribution >= 4 is 21.8 Å². The first-order valence-electron chi connectivity index (χ1n) is 8.15. The summed E-state index contributed by atoms with van der Waals surface area (Å²) in [6, 6.07) is 5.33. The molecule has 1 aromatic heterocycles. The largest absolute Gasteiger partial charge is 0.373 e. The Labute approximate surface area is 147 Å². The Kier molecular flexibility index (Phi) is 4.42. The van der Waals surface area contributed by atoms with Crippen molar-refractivity contribution in [2.75, 3.05) is 18.1 Å². The van der Waals surface area contributed by atoms with Gasteiger partial charge < -0.3 is 11.1 Å². The molecular weight excluding hydrogens is 338 g/mol. The average Bonchev–Trinajstić information content (AvgIpc) is 2.47. The molecule has 1 aliphatic carbocycles. The number of sulfonamides is 1. The quantitative estimate of drug-likeness (QED) is 0.765. The van der Waals surface area contributed by atoms with Crippen LogP contribution >= 0.6 is 0 Å². The molecule has 134 valence electrons. The predicted molar refractivity (Wildman–Crippen MR) is 98.0 cm³/mol. The number of nitrogen functional groups attached to an aromatic ring is 1. The number of hydrogen-bond donors (Lipinski definition) is 3. The molecule has 0 unspecified atom stereocenters. The van der Waals surface area contributed by atoms with Gasteiger partial charge in [-0.05, 0) is 55.4 Å². The first-order chi connectivity index (χ1) is 11.7. The number of nitrogens with one attached hydrogen (secondary N) is 1. The van der Waals surface area contributed by atoms with Crippen molar-refractivity contribution in [3.63, 3.8) is 0 Å². The zero-order valence-electron chi connectivity index (χ0n) is 14.6. The summed E-state index contributed by atoms with van der Waals surface area (Å²) < 4.78 is 23.6. The Balaban J connectivity index is 1.87. The maximum absolute atomic E-state index is 11.8. The highest BCUT2D eigenvalue weighted by Gasteiger charge is 2.35. The van der Waals surface area contributed by atoms with Crippen LogP contribution in [0.25, 0.3) is 0 Å². The summed E-state index contributed by atoms with van der Waals surface area (Å²) >= 11 is 0. The molecule has 1 aromatic carbocycles. The highest BCUT2D eigenvalue weighted by molar-refractivity contribution is 7.89. The van der Waals surface area contributed by atoms with Crippen LogP contribution < -0.4 is 16.2 Å². The molecule has 0 bridgehead atoms. The third-order valence-corrected chi connectivity index (χ3v) is 6.03. The fraction of sp³-hybridized carbons (Fsp3) is 0.412. The lowest BCUT2D eigenvalue weighted by Crippen LogP contribution is -2.24. The van der Waals surface area contributed by atoms with E-state index < -0.39 is 10.0 Å². The molecule has 1 saturated carbocycles. The number of hydrogen-bond acceptors (Lipinski definition) is 6. The van der Waals surface area contributed by atoms with Gasteiger partial charge in [0.15, 0.2) is 0 Å². The number of aromatic nitrogens is 2. The van der Waals surface area contributed by atoms with Gasteiger partial charge in [-0.25, -0.2) is 18.5 Å². The monoisotopic (exact) mass is 361 g/mol. The van der Waals surface area contributed by atoms with Gasteiger partial charge >= 0.3 is 0 Å². The van der Waals surface area contributed by atoms with E-state index in [0.717, 1.165) is 35.2 Å². The summed E-state index contributed by atoms with van der Waals surface area (Å²) in [6.07, 6.45) is 1.80. The van der Waals surface area contributed by atoms with Crippen LogP contribution in [0.15, 0.2) is 23.1 Å². The highest BCUT2D eigenvalue weighted by Crippen LogP contribution is 2.49. The van der Waals surface area contributed by atoms with Crippen LogP contribution in [0.4, 0.5) is 11.8 Å². The molecule has 3 rings (SSSR count). The molecule has 0 aliphatic heterocycles. The van der Waals surface area contributed by atoms with Gasteiger partial charge in [0.05, 0.1) is 10.6 Å². The summed E-state index contributed by atoms with van der Waals surface area (Å²) in [5.41, 5.74) is 9.62. The molecule has 1 heterocycles. The fourth-order valence-electron chi connectivity index (χ4n) is 3.70. The van der Waals surface area contributed by atoms with E-state index in [4.69, 9.17) is 10.9 Å². The molecule has 7 nitrogen and oxygen atoms in total. The minimum atomic E-state index is -3.72. The van der Waals surface area contributed by atoms with Crippen LogP contribution in [0.5, 0.6) is 0 Å². The Morgan fingerprint density at radius 3 is 2.44 bits per heavy atom. The molecule has 1 aliphatic rings. The first-order valence-corrected chi connectivity index (χ1v) is 9.70. The standard InChI is InChI=1S/C17H23N5O2S/c1-9-4-5-14(25(19,23)24)10(2)16(9)12-6-11(7-12)13-8-15(20-3)22-17(18)21-13/h4-5,8,11-12H,6-7H2,1-3H3,(H2,19,23,24)(H3,18,20,21,22). The third kappa shape index (κ3) is 3.32. The van der Waals surface area contributed by atoms with Crippen LogP contribution in [0.3, 0.4) is 0 Å². The minimum Gasteiger partial charge on any atom is -0.373 e. The van der Waals surface area contributed by atoms with Gasteiger partial charge in [-0.1, -0.05) is 6.07 Å². The maximum atomic E-state index is 11.8. The van der Waals surface area contributed by atoms with E-state index in [2.05, 4.69) is 15.3 Å². The lowest BCUT2D eigenvalue weighted by Gasteiger charge is -2.37. The second-order valence-corrected chi connectivity index (χ2v) is 8.15. The first kappa shape index (κ1) is 17.6. The highest BCUT2D eigenvalue weighted by atomic mass is 32.2. The summed E-state index contributed by atoms with van der Waals surface area (Å²) in [7, 11) is -1.92. The fourth-order valence-corrected chi connectivity index (χ4v) is 4.49. The van der Waals surface area contributed by atoms with Crippen LogP contribution in [-0.2, 0) is 10.0 Å². The van der Waals surface area contributed by atoms with Crippen molar-refractivity contribution in [3.05, 3.63) is 40.6 Å². The van der Waals surface area contributed by atoms with Crippen molar-refractivity contribution in [2.45, 2.75) is 43.4 Å². The van der Waals surface area contributed by atoms with E-state index >= 15 is 0 Å². The molecule has 0 saturated heterocycles. The van der Waals surface area contributed by atoms with E-state index in [1.807, 2.05) is 26.0 Å². The van der Waals surface area contributed by atoms with Crippen molar-refractivity contribution < 1.29 is 8.42 Å². The minimum absolute atomic E-state index is 0.209. The van der Waals surface area contributed by atoms with Crippen LogP contribution in [0, 0.1) is 13.8 Å². The van der Waals surface area contributed by atoms with Gasteiger partial charge in [-0.15, -0.1) is 0 Å². The van der Waals surface area contributed by atoms with Gasteiger partial charge in [-0.3, -0.25) is 0 Å². The lowest BCUT2D eigenvalue weighted by molar-refractivity contribution is 0.342. The van der Waals surface area contributed by atoms with E-state index in [1.54, 1.807) is 13.1 Å². The van der Waals surface area contributed by atoms with Crippen molar-refractivity contribution in [3.8, 4) is 0 Å². The van der Waals surface area contributed by atoms with Crippen LogP contribution in [0.1, 0.15) is 47.1 Å².